The maximum Gasteiger partial charge on any atom is 1.00 e. The third-order valence-electron chi connectivity index (χ3n) is 2.87. The Morgan fingerprint density at radius 1 is 1.17 bits per heavy atom. The second kappa shape index (κ2) is 8.05. The van der Waals surface area contributed by atoms with Crippen molar-refractivity contribution in [3.05, 3.63) is 40.8 Å². The van der Waals surface area contributed by atoms with E-state index < -0.39 is 5.97 Å². The summed E-state index contributed by atoms with van der Waals surface area (Å²) in [6, 6.07) is 10.1. The quantitative estimate of drug-likeness (QED) is 0.709. The van der Waals surface area contributed by atoms with E-state index in [0.717, 1.165) is 31.3 Å². The van der Waals surface area contributed by atoms with Crippen LogP contribution < -0.4 is 34.7 Å². The largest absolute Gasteiger partial charge is 1.00 e. The van der Waals surface area contributed by atoms with Crippen molar-refractivity contribution in [3.8, 4) is 0 Å². The van der Waals surface area contributed by atoms with E-state index in [1.54, 1.807) is 11.8 Å². The first-order chi connectivity index (χ1) is 8.25. The third kappa shape index (κ3) is 4.81. The summed E-state index contributed by atoms with van der Waals surface area (Å²) in [7, 11) is 0. The summed E-state index contributed by atoms with van der Waals surface area (Å²) in [6.07, 6.45) is 4.26. The van der Waals surface area contributed by atoms with Gasteiger partial charge in [-0.15, -0.1) is 0 Å². The SMILES string of the molecule is O=C([O-])CC1=C(Sc2ccccc2)CCCC1.[Na+]. The molecule has 0 heterocycles. The summed E-state index contributed by atoms with van der Waals surface area (Å²) in [6.45, 7) is 0. The number of aliphatic carboxylic acids is 1. The molecule has 0 radical (unpaired) electrons. The van der Waals surface area contributed by atoms with Crippen LogP contribution in [0.1, 0.15) is 32.1 Å². The molecule has 1 aromatic rings. The number of allylic oxidation sites excluding steroid dienone is 1. The van der Waals surface area contributed by atoms with Gasteiger partial charge in [0, 0.05) is 17.3 Å². The van der Waals surface area contributed by atoms with Crippen molar-refractivity contribution >= 4 is 17.7 Å². The molecule has 0 aliphatic heterocycles. The number of carbonyl (C=O) groups excluding carboxylic acids is 1. The van der Waals surface area contributed by atoms with Crippen molar-refractivity contribution in [1.29, 1.82) is 0 Å². The van der Waals surface area contributed by atoms with Gasteiger partial charge in [-0.1, -0.05) is 35.5 Å². The minimum Gasteiger partial charge on any atom is -0.550 e. The van der Waals surface area contributed by atoms with Gasteiger partial charge in [0.25, 0.3) is 0 Å². The monoisotopic (exact) mass is 270 g/mol. The molecule has 1 aliphatic rings. The van der Waals surface area contributed by atoms with Crippen LogP contribution in [0.25, 0.3) is 0 Å². The molecule has 2 rings (SSSR count). The van der Waals surface area contributed by atoms with Gasteiger partial charge < -0.3 is 9.90 Å². The summed E-state index contributed by atoms with van der Waals surface area (Å²) < 4.78 is 0. The van der Waals surface area contributed by atoms with E-state index in [4.69, 9.17) is 0 Å². The Kier molecular flexibility index (Phi) is 7.08. The van der Waals surface area contributed by atoms with Gasteiger partial charge in [0.2, 0.25) is 0 Å². The number of rotatable bonds is 4. The van der Waals surface area contributed by atoms with Crippen molar-refractivity contribution in [1.82, 2.24) is 0 Å². The van der Waals surface area contributed by atoms with E-state index in [0.29, 0.717) is 0 Å². The van der Waals surface area contributed by atoms with Gasteiger partial charge in [0.15, 0.2) is 0 Å². The van der Waals surface area contributed by atoms with E-state index in [2.05, 4.69) is 12.1 Å². The predicted molar refractivity (Wildman–Crippen MR) is 67.4 cm³/mol. The van der Waals surface area contributed by atoms with Gasteiger partial charge in [0.05, 0.1) is 0 Å². The molecule has 0 amide bonds. The molecule has 1 aliphatic carbocycles. The zero-order valence-corrected chi connectivity index (χ0v) is 13.5. The predicted octanol–water partition coefficient (Wildman–Crippen LogP) is -0.249. The molecule has 18 heavy (non-hydrogen) atoms. The van der Waals surface area contributed by atoms with Crippen molar-refractivity contribution in [2.24, 2.45) is 0 Å². The second-order valence-corrected chi connectivity index (χ2v) is 5.37. The average Bonchev–Trinajstić information content (AvgIpc) is 2.32. The Morgan fingerprint density at radius 2 is 1.83 bits per heavy atom. The molecular weight excluding hydrogens is 255 g/mol. The first-order valence-electron chi connectivity index (χ1n) is 5.89. The number of thioether (sulfide) groups is 1. The molecule has 0 atom stereocenters. The Morgan fingerprint density at radius 3 is 2.50 bits per heavy atom. The molecule has 0 spiro atoms. The smallest absolute Gasteiger partial charge is 0.550 e. The van der Waals surface area contributed by atoms with Crippen LogP contribution in [0.3, 0.4) is 0 Å². The van der Waals surface area contributed by atoms with Crippen molar-refractivity contribution in [2.45, 2.75) is 37.0 Å². The molecule has 0 N–H and O–H groups in total. The van der Waals surface area contributed by atoms with Crippen LogP contribution in [0.2, 0.25) is 0 Å². The Hall–Kier alpha value is -0.220. The van der Waals surface area contributed by atoms with E-state index in [9.17, 15) is 9.90 Å². The summed E-state index contributed by atoms with van der Waals surface area (Å²) in [5, 5.41) is 10.7. The Balaban J connectivity index is 0.00000162. The van der Waals surface area contributed by atoms with Crippen LogP contribution in [0.5, 0.6) is 0 Å². The molecule has 0 unspecified atom stereocenters. The zero-order chi connectivity index (χ0) is 12.1. The summed E-state index contributed by atoms with van der Waals surface area (Å²) >= 11 is 1.70. The van der Waals surface area contributed by atoms with Crippen LogP contribution in [-0.2, 0) is 4.79 Å². The number of hydrogen-bond acceptors (Lipinski definition) is 3. The van der Waals surface area contributed by atoms with Crippen LogP contribution in [0, 0.1) is 0 Å². The van der Waals surface area contributed by atoms with Gasteiger partial charge in [-0.3, -0.25) is 0 Å². The molecule has 0 fully saturated rings. The van der Waals surface area contributed by atoms with Gasteiger partial charge in [-0.2, -0.15) is 0 Å². The fraction of sp³-hybridized carbons (Fsp3) is 0.357. The van der Waals surface area contributed by atoms with Crippen LogP contribution >= 0.6 is 11.8 Å². The zero-order valence-electron chi connectivity index (χ0n) is 10.6. The molecule has 4 heteroatoms. The Labute approximate surface area is 134 Å². The van der Waals surface area contributed by atoms with Gasteiger partial charge in [-0.05, 0) is 42.7 Å². The third-order valence-corrected chi connectivity index (χ3v) is 4.12. The summed E-state index contributed by atoms with van der Waals surface area (Å²) in [4.78, 5) is 13.1. The van der Waals surface area contributed by atoms with E-state index in [1.165, 1.54) is 9.80 Å². The standard InChI is InChI=1S/C14H16O2S.Na/c15-14(16)10-11-6-4-5-9-13(11)17-12-7-2-1-3-8-12;/h1-3,7-8H,4-6,9-10H2,(H,15,16);/q;+1/p-1. The normalized spacial score (nSPS) is 15.1. The van der Waals surface area contributed by atoms with E-state index in [1.807, 2.05) is 18.2 Å². The molecule has 0 saturated carbocycles. The minimum atomic E-state index is -0.965. The maximum atomic E-state index is 10.7. The van der Waals surface area contributed by atoms with Crippen LogP contribution in [0.4, 0.5) is 0 Å². The number of hydrogen-bond donors (Lipinski definition) is 0. The van der Waals surface area contributed by atoms with Crippen molar-refractivity contribution in [3.63, 3.8) is 0 Å². The minimum absolute atomic E-state index is 0. The number of carbonyl (C=O) groups is 1. The molecular formula is C14H15NaO2S. The molecule has 0 bridgehead atoms. The van der Waals surface area contributed by atoms with E-state index >= 15 is 0 Å². The Bertz CT molecular complexity index is 429. The average molecular weight is 270 g/mol. The fourth-order valence-corrected chi connectivity index (χ4v) is 3.20. The molecule has 1 aromatic carbocycles. The maximum absolute atomic E-state index is 10.7. The number of carboxylic acid groups (broad SMARTS) is 1. The first kappa shape index (κ1) is 15.8. The van der Waals surface area contributed by atoms with Gasteiger partial charge >= 0.3 is 29.6 Å². The van der Waals surface area contributed by atoms with E-state index in [-0.39, 0.29) is 36.0 Å². The van der Waals surface area contributed by atoms with Crippen molar-refractivity contribution in [2.75, 3.05) is 0 Å². The van der Waals surface area contributed by atoms with Gasteiger partial charge in [0.1, 0.15) is 0 Å². The first-order valence-corrected chi connectivity index (χ1v) is 6.71. The van der Waals surface area contributed by atoms with Crippen molar-refractivity contribution < 1.29 is 39.5 Å². The molecule has 90 valence electrons. The van der Waals surface area contributed by atoms with Crippen LogP contribution in [0.15, 0.2) is 45.7 Å². The summed E-state index contributed by atoms with van der Waals surface area (Å²) in [5.74, 6) is -0.965. The molecule has 2 nitrogen and oxygen atoms in total. The second-order valence-electron chi connectivity index (χ2n) is 4.20. The number of benzene rings is 1. The van der Waals surface area contributed by atoms with Gasteiger partial charge in [-0.25, -0.2) is 0 Å². The van der Waals surface area contributed by atoms with Crippen LogP contribution in [-0.4, -0.2) is 5.97 Å². The number of carboxylic acids is 1. The molecule has 0 saturated heterocycles. The topological polar surface area (TPSA) is 40.1 Å². The molecule has 0 aromatic heterocycles. The fourth-order valence-electron chi connectivity index (χ4n) is 2.06. The summed E-state index contributed by atoms with van der Waals surface area (Å²) in [5.41, 5.74) is 1.06.